The highest BCUT2D eigenvalue weighted by molar-refractivity contribution is 6.00. The Bertz CT molecular complexity index is 1910. The molecule has 6 aromatic rings. The zero-order valence-electron chi connectivity index (χ0n) is 24.8. The number of imidazole rings is 2. The molecule has 0 bridgehead atoms. The van der Waals surface area contributed by atoms with Gasteiger partial charge in [0, 0.05) is 40.9 Å². The lowest BCUT2D eigenvalue weighted by Gasteiger charge is -2.21. The number of hydrogen-bond donors (Lipinski definition) is 0. The predicted octanol–water partition coefficient (Wildman–Crippen LogP) is 8.43. The third-order valence-corrected chi connectivity index (χ3v) is 8.83. The van der Waals surface area contributed by atoms with Crippen molar-refractivity contribution in [2.24, 2.45) is 7.05 Å². The highest BCUT2D eigenvalue weighted by Gasteiger charge is 2.34. The minimum atomic E-state index is 0.361. The van der Waals surface area contributed by atoms with Gasteiger partial charge in [0.15, 0.2) is 0 Å². The highest BCUT2D eigenvalue weighted by atomic mass is 15.2. The van der Waals surface area contributed by atoms with Crippen LogP contribution in [0.5, 0.6) is 0 Å². The van der Waals surface area contributed by atoms with E-state index < -0.39 is 0 Å². The lowest BCUT2D eigenvalue weighted by Crippen LogP contribution is -2.30. The molecule has 0 amide bonds. The van der Waals surface area contributed by atoms with E-state index in [1.54, 1.807) is 0 Å². The van der Waals surface area contributed by atoms with Gasteiger partial charge in [-0.25, -0.2) is 9.55 Å². The van der Waals surface area contributed by atoms with Crippen LogP contribution in [0.15, 0.2) is 91.5 Å². The van der Waals surface area contributed by atoms with Gasteiger partial charge < -0.3 is 4.57 Å². The largest absolute Gasteiger partial charge is 0.303 e. The Kier molecular flexibility index (Phi) is 5.97. The van der Waals surface area contributed by atoms with Crippen molar-refractivity contribution in [2.45, 2.75) is 52.9 Å². The van der Waals surface area contributed by atoms with Crippen molar-refractivity contribution in [3.63, 3.8) is 0 Å². The predicted molar refractivity (Wildman–Crippen MR) is 168 cm³/mol. The van der Waals surface area contributed by atoms with E-state index in [0.717, 1.165) is 12.2 Å². The molecular formula is C37H37N4+. The molecule has 1 aliphatic rings. The molecule has 7 rings (SSSR count). The summed E-state index contributed by atoms with van der Waals surface area (Å²) >= 11 is 0. The van der Waals surface area contributed by atoms with E-state index in [2.05, 4.69) is 141 Å². The number of benzene rings is 4. The number of aryl methyl sites for hydroxylation is 2. The lowest BCUT2D eigenvalue weighted by molar-refractivity contribution is -0.659. The molecule has 3 heterocycles. The van der Waals surface area contributed by atoms with E-state index in [1.165, 1.54) is 66.9 Å². The van der Waals surface area contributed by atoms with Gasteiger partial charge in [-0.2, -0.15) is 4.57 Å². The molecule has 41 heavy (non-hydrogen) atoms. The maximum absolute atomic E-state index is 4.74. The quantitative estimate of drug-likeness (QED) is 0.202. The first-order chi connectivity index (χ1) is 19.8. The van der Waals surface area contributed by atoms with Crippen molar-refractivity contribution >= 4 is 10.8 Å². The SMILES string of the molecule is Cc1c(-c2n(-c3c(C(C)C)cc(-c4ccccc4)cc3C(C)C)cc[n+]2C)c2c(c3ccccc13)-n1ccnc1C2. The first-order valence-electron chi connectivity index (χ1n) is 14.7. The van der Waals surface area contributed by atoms with E-state index in [9.17, 15) is 0 Å². The highest BCUT2D eigenvalue weighted by Crippen LogP contribution is 2.44. The number of nitrogens with zero attached hydrogens (tertiary/aromatic N) is 4. The third-order valence-electron chi connectivity index (χ3n) is 8.83. The van der Waals surface area contributed by atoms with Crippen molar-refractivity contribution in [3.8, 4) is 33.9 Å². The molecule has 0 radical (unpaired) electrons. The zero-order valence-corrected chi connectivity index (χ0v) is 24.8. The minimum Gasteiger partial charge on any atom is -0.303 e. The molecule has 1 aliphatic heterocycles. The Labute approximate surface area is 242 Å². The molecule has 4 heteroatoms. The van der Waals surface area contributed by atoms with Crippen LogP contribution in [0.25, 0.3) is 44.7 Å². The maximum Gasteiger partial charge on any atom is 0.294 e. The number of hydrogen-bond acceptors (Lipinski definition) is 1. The summed E-state index contributed by atoms with van der Waals surface area (Å²) in [4.78, 5) is 4.74. The monoisotopic (exact) mass is 537 g/mol. The lowest BCUT2D eigenvalue weighted by atomic mass is 9.87. The molecule has 0 atom stereocenters. The van der Waals surface area contributed by atoms with Crippen LogP contribution in [0.3, 0.4) is 0 Å². The second-order valence-corrected chi connectivity index (χ2v) is 12.0. The summed E-state index contributed by atoms with van der Waals surface area (Å²) in [5.74, 6) is 3.04. The summed E-state index contributed by atoms with van der Waals surface area (Å²) in [6.45, 7) is 11.6. The van der Waals surface area contributed by atoms with E-state index in [-0.39, 0.29) is 0 Å². The summed E-state index contributed by atoms with van der Waals surface area (Å²) in [5.41, 5.74) is 11.9. The summed E-state index contributed by atoms with van der Waals surface area (Å²) < 4.78 is 7.07. The third kappa shape index (κ3) is 3.88. The molecule has 204 valence electrons. The first-order valence-corrected chi connectivity index (χ1v) is 14.7. The van der Waals surface area contributed by atoms with Gasteiger partial charge in [-0.15, -0.1) is 0 Å². The summed E-state index contributed by atoms with van der Waals surface area (Å²) in [6, 6.07) is 24.5. The van der Waals surface area contributed by atoms with Crippen LogP contribution < -0.4 is 4.57 Å². The molecule has 0 saturated heterocycles. The summed E-state index contributed by atoms with van der Waals surface area (Å²) in [7, 11) is 2.18. The number of aromatic nitrogens is 4. The van der Waals surface area contributed by atoms with Gasteiger partial charge in [-0.05, 0) is 53.0 Å². The number of rotatable bonds is 5. The van der Waals surface area contributed by atoms with Crippen molar-refractivity contribution in [3.05, 3.63) is 120 Å². The van der Waals surface area contributed by atoms with Gasteiger partial charge in [0.25, 0.3) is 5.82 Å². The Morgan fingerprint density at radius 3 is 2.10 bits per heavy atom. The van der Waals surface area contributed by atoms with E-state index >= 15 is 0 Å². The van der Waals surface area contributed by atoms with Crippen molar-refractivity contribution in [1.29, 1.82) is 0 Å². The second kappa shape index (κ2) is 9.59. The Morgan fingerprint density at radius 2 is 1.41 bits per heavy atom. The molecule has 4 aromatic carbocycles. The van der Waals surface area contributed by atoms with E-state index in [4.69, 9.17) is 4.98 Å². The molecule has 2 aromatic heterocycles. The molecule has 4 nitrogen and oxygen atoms in total. The van der Waals surface area contributed by atoms with Gasteiger partial charge in [0.2, 0.25) is 0 Å². The fourth-order valence-corrected chi connectivity index (χ4v) is 6.83. The van der Waals surface area contributed by atoms with E-state index in [0.29, 0.717) is 11.8 Å². The van der Waals surface area contributed by atoms with Gasteiger partial charge in [0.1, 0.15) is 23.9 Å². The van der Waals surface area contributed by atoms with Gasteiger partial charge in [0.05, 0.1) is 18.3 Å². The zero-order chi connectivity index (χ0) is 28.4. The molecule has 0 saturated carbocycles. The van der Waals surface area contributed by atoms with Crippen LogP contribution in [0.4, 0.5) is 0 Å². The van der Waals surface area contributed by atoms with Crippen molar-refractivity contribution < 1.29 is 4.57 Å². The van der Waals surface area contributed by atoms with Gasteiger partial charge in [-0.3, -0.25) is 0 Å². The topological polar surface area (TPSA) is 26.6 Å². The fraction of sp³-hybridized carbons (Fsp3) is 0.243. The standard InChI is InChI=1S/C37H37N4/c1-23(2)30-20-27(26-12-8-7-9-13-26)21-31(24(3)4)36(30)41-19-18-39(6)37(41)34-25(5)28-14-10-11-15-29(28)35-32(34)22-33-38-16-17-40(33)35/h7-21,23-24H,22H2,1-6H3/q+1. The Morgan fingerprint density at radius 1 is 0.756 bits per heavy atom. The van der Waals surface area contributed by atoms with Crippen LogP contribution in [0.2, 0.25) is 0 Å². The van der Waals surface area contributed by atoms with Crippen LogP contribution in [0.1, 0.15) is 67.6 Å². The van der Waals surface area contributed by atoms with Crippen molar-refractivity contribution in [1.82, 2.24) is 14.1 Å². The van der Waals surface area contributed by atoms with Gasteiger partial charge >= 0.3 is 0 Å². The molecule has 0 spiro atoms. The Balaban J connectivity index is 1.55. The minimum absolute atomic E-state index is 0.361. The maximum atomic E-state index is 4.74. The molecule has 0 N–H and O–H groups in total. The van der Waals surface area contributed by atoms with Crippen LogP contribution in [-0.2, 0) is 13.5 Å². The van der Waals surface area contributed by atoms with E-state index in [1.807, 2.05) is 6.20 Å². The second-order valence-electron chi connectivity index (χ2n) is 12.0. The number of fused-ring (bicyclic) bond motifs is 5. The molecule has 0 unspecified atom stereocenters. The fourth-order valence-electron chi connectivity index (χ4n) is 6.83. The molecule has 0 fully saturated rings. The summed E-state index contributed by atoms with van der Waals surface area (Å²) in [5, 5.41) is 2.59. The average molecular weight is 538 g/mol. The molecule has 0 aliphatic carbocycles. The Hall–Kier alpha value is -4.44. The normalized spacial score (nSPS) is 12.5. The van der Waals surface area contributed by atoms with Crippen LogP contribution in [0, 0.1) is 6.92 Å². The van der Waals surface area contributed by atoms with Crippen LogP contribution in [-0.4, -0.2) is 14.1 Å². The molecular weight excluding hydrogens is 500 g/mol. The first kappa shape index (κ1) is 25.5. The summed E-state index contributed by atoms with van der Waals surface area (Å²) in [6.07, 6.45) is 9.34. The smallest absolute Gasteiger partial charge is 0.294 e. The van der Waals surface area contributed by atoms with Crippen molar-refractivity contribution in [2.75, 3.05) is 0 Å². The van der Waals surface area contributed by atoms with Crippen LogP contribution >= 0.6 is 0 Å². The van der Waals surface area contributed by atoms with Gasteiger partial charge in [-0.1, -0.05) is 82.3 Å². The average Bonchev–Trinajstić information content (AvgIpc) is 3.68.